The third-order valence-corrected chi connectivity index (χ3v) is 8.99. The fourth-order valence-electron chi connectivity index (χ4n) is 6.56. The van der Waals surface area contributed by atoms with Gasteiger partial charge in [-0.05, 0) is 53.1 Å². The van der Waals surface area contributed by atoms with E-state index in [2.05, 4.69) is 28.4 Å². The van der Waals surface area contributed by atoms with Crippen molar-refractivity contribution in [2.45, 2.75) is 25.2 Å². The molecule has 3 aliphatic carbocycles. The Hall–Kier alpha value is -4.34. The molecule has 2 bridgehead atoms. The lowest BCUT2D eigenvalue weighted by molar-refractivity contribution is -0.126. The van der Waals surface area contributed by atoms with E-state index in [-0.39, 0.29) is 23.6 Å². The van der Waals surface area contributed by atoms with E-state index in [0.29, 0.717) is 28.3 Å². The lowest BCUT2D eigenvalue weighted by Crippen LogP contribution is -2.47. The maximum atomic E-state index is 14.3. The molecule has 0 spiro atoms. The second-order valence-corrected chi connectivity index (χ2v) is 11.1. The zero-order valence-corrected chi connectivity index (χ0v) is 21.4. The number of hydrogen-bond donors (Lipinski definition) is 1. The summed E-state index contributed by atoms with van der Waals surface area (Å²) in [5, 5.41) is 6.86. The molecule has 3 unspecified atom stereocenters. The Morgan fingerprint density at radius 3 is 2.55 bits per heavy atom. The van der Waals surface area contributed by atoms with Crippen LogP contribution in [0.3, 0.4) is 0 Å². The number of aromatic nitrogens is 1. The molecular formula is C32H22FN3OS. The van der Waals surface area contributed by atoms with Gasteiger partial charge in [-0.3, -0.25) is 4.79 Å². The van der Waals surface area contributed by atoms with Crippen LogP contribution in [0.25, 0.3) is 26.9 Å². The number of fused-ring (bicyclic) bond motifs is 2. The first-order valence-electron chi connectivity index (χ1n) is 12.5. The summed E-state index contributed by atoms with van der Waals surface area (Å²) in [6.07, 6.45) is 0.626. The zero-order valence-electron chi connectivity index (χ0n) is 20.5. The lowest BCUT2D eigenvalue weighted by atomic mass is 9.52. The summed E-state index contributed by atoms with van der Waals surface area (Å²) in [7, 11) is 0. The van der Waals surface area contributed by atoms with Crippen LogP contribution in [0.5, 0.6) is 0 Å². The van der Waals surface area contributed by atoms with Crippen molar-refractivity contribution in [2.24, 2.45) is 5.41 Å². The Labute approximate surface area is 223 Å². The van der Waals surface area contributed by atoms with Crippen LogP contribution in [0.15, 0.2) is 84.2 Å². The van der Waals surface area contributed by atoms with E-state index in [1.165, 1.54) is 23.0 Å². The molecule has 1 N–H and O–H groups in total. The fraction of sp³-hybridized carbons (Fsp3) is 0.156. The van der Waals surface area contributed by atoms with Gasteiger partial charge in [-0.2, -0.15) is 0 Å². The molecule has 0 saturated heterocycles. The number of benzene rings is 4. The molecule has 1 aromatic heterocycles. The number of halogens is 1. The van der Waals surface area contributed by atoms with Crippen molar-refractivity contribution in [1.29, 1.82) is 0 Å². The minimum Gasteiger partial charge on any atom is -0.301 e. The third kappa shape index (κ3) is 3.19. The highest BCUT2D eigenvalue weighted by Gasteiger charge is 2.54. The van der Waals surface area contributed by atoms with Crippen molar-refractivity contribution in [1.82, 2.24) is 4.98 Å². The molecule has 0 radical (unpaired) electrons. The number of thiazole rings is 1. The average Bonchev–Trinajstić information content (AvgIpc) is 3.41. The maximum Gasteiger partial charge on any atom is 0.233 e. The van der Waals surface area contributed by atoms with Gasteiger partial charge in [0.15, 0.2) is 10.8 Å². The van der Waals surface area contributed by atoms with Crippen molar-refractivity contribution < 1.29 is 9.18 Å². The number of nitrogens with zero attached hydrogens (tertiary/aromatic N) is 2. The Morgan fingerprint density at radius 2 is 1.74 bits per heavy atom. The molecular weight excluding hydrogens is 493 g/mol. The van der Waals surface area contributed by atoms with Gasteiger partial charge in [0.05, 0.1) is 17.7 Å². The van der Waals surface area contributed by atoms with Crippen LogP contribution in [-0.2, 0) is 4.79 Å². The SMILES string of the molecule is [C-]#[N+]c1cccc2c1C1CC(C)(C(=O)Nc3nc(-c4ccc(F)c5ccccc45)cs3)C2c2ccccc21. The van der Waals surface area contributed by atoms with E-state index in [9.17, 15) is 9.18 Å². The molecule has 6 heteroatoms. The molecule has 3 atom stereocenters. The quantitative estimate of drug-likeness (QED) is 0.246. The second-order valence-electron chi connectivity index (χ2n) is 10.3. The van der Waals surface area contributed by atoms with Gasteiger partial charge in [-0.1, -0.05) is 66.7 Å². The number of amides is 1. The van der Waals surface area contributed by atoms with Crippen molar-refractivity contribution in [3.8, 4) is 11.3 Å². The Kier molecular flexibility index (Phi) is 5.01. The Balaban J connectivity index is 1.26. The molecule has 0 saturated carbocycles. The molecule has 5 aromatic rings. The number of hydrogen-bond acceptors (Lipinski definition) is 3. The van der Waals surface area contributed by atoms with Crippen molar-refractivity contribution >= 4 is 38.8 Å². The Bertz CT molecular complexity index is 1820. The van der Waals surface area contributed by atoms with Crippen molar-refractivity contribution in [2.75, 3.05) is 5.32 Å². The standard InChI is InChI=1S/C32H22FN3OS/c1-32(16-24-19-9-4-6-11-22(19)29(32)23-12-7-13-26(34-2)28(23)24)30(37)36-31-35-27(17-38-31)21-14-15-25(33)20-10-5-3-8-18(20)21/h3-15,17,24,29H,16H2,1H3,(H,35,36,37). The number of anilines is 1. The topological polar surface area (TPSA) is 46.4 Å². The van der Waals surface area contributed by atoms with E-state index in [1.807, 2.05) is 54.8 Å². The molecule has 3 aliphatic rings. The number of carbonyl (C=O) groups excluding carboxylic acids is 1. The average molecular weight is 516 g/mol. The third-order valence-electron chi connectivity index (χ3n) is 8.23. The van der Waals surface area contributed by atoms with Gasteiger partial charge in [0, 0.05) is 28.2 Å². The molecule has 4 aromatic carbocycles. The summed E-state index contributed by atoms with van der Waals surface area (Å²) < 4.78 is 14.3. The van der Waals surface area contributed by atoms with Crippen LogP contribution in [-0.4, -0.2) is 10.9 Å². The summed E-state index contributed by atoms with van der Waals surface area (Å²) in [5.74, 6) is -0.508. The molecule has 184 valence electrons. The molecule has 1 amide bonds. The van der Waals surface area contributed by atoms with Crippen LogP contribution in [0, 0.1) is 17.8 Å². The highest BCUT2D eigenvalue weighted by Crippen LogP contribution is 2.62. The van der Waals surface area contributed by atoms with Gasteiger partial charge in [0.2, 0.25) is 5.91 Å². The lowest BCUT2D eigenvalue weighted by Gasteiger charge is -2.51. The molecule has 1 heterocycles. The first-order valence-corrected chi connectivity index (χ1v) is 13.4. The first kappa shape index (κ1) is 22.8. The second kappa shape index (κ2) is 8.34. The van der Waals surface area contributed by atoms with Crippen LogP contribution in [0.2, 0.25) is 0 Å². The first-order chi connectivity index (χ1) is 18.5. The highest BCUT2D eigenvalue weighted by atomic mass is 32.1. The van der Waals surface area contributed by atoms with Gasteiger partial charge < -0.3 is 5.32 Å². The number of carbonyl (C=O) groups is 1. The van der Waals surface area contributed by atoms with Crippen molar-refractivity contribution in [3.63, 3.8) is 0 Å². The molecule has 38 heavy (non-hydrogen) atoms. The normalized spacial score (nSPS) is 21.0. The largest absolute Gasteiger partial charge is 0.301 e. The van der Waals surface area contributed by atoms with Gasteiger partial charge in [0.1, 0.15) is 5.82 Å². The molecule has 8 rings (SSSR count). The predicted molar refractivity (Wildman–Crippen MR) is 149 cm³/mol. The van der Waals surface area contributed by atoms with Crippen molar-refractivity contribution in [3.05, 3.63) is 124 Å². The minimum atomic E-state index is -0.707. The number of nitrogens with one attached hydrogen (secondary N) is 1. The van der Waals surface area contributed by atoms with Gasteiger partial charge in [-0.25, -0.2) is 14.2 Å². The summed E-state index contributed by atoms with van der Waals surface area (Å²) >= 11 is 1.37. The van der Waals surface area contributed by atoms with E-state index in [4.69, 9.17) is 11.6 Å². The van der Waals surface area contributed by atoms with E-state index >= 15 is 0 Å². The predicted octanol–water partition coefficient (Wildman–Crippen LogP) is 8.28. The van der Waals surface area contributed by atoms with Gasteiger partial charge in [0.25, 0.3) is 0 Å². The summed E-state index contributed by atoms with van der Waals surface area (Å²) in [4.78, 5) is 22.5. The van der Waals surface area contributed by atoms with Crippen LogP contribution < -0.4 is 5.32 Å². The summed E-state index contributed by atoms with van der Waals surface area (Å²) in [5.41, 5.74) is 6.01. The highest BCUT2D eigenvalue weighted by molar-refractivity contribution is 7.14. The molecule has 0 fully saturated rings. The van der Waals surface area contributed by atoms with Gasteiger partial charge in [-0.15, -0.1) is 11.3 Å². The molecule has 0 aliphatic heterocycles. The fourth-order valence-corrected chi connectivity index (χ4v) is 7.26. The number of rotatable bonds is 3. The van der Waals surface area contributed by atoms with Gasteiger partial charge >= 0.3 is 0 Å². The van der Waals surface area contributed by atoms with E-state index in [1.54, 1.807) is 12.1 Å². The monoisotopic (exact) mass is 515 g/mol. The zero-order chi connectivity index (χ0) is 26.0. The van der Waals surface area contributed by atoms with E-state index in [0.717, 1.165) is 27.6 Å². The summed E-state index contributed by atoms with van der Waals surface area (Å²) in [6, 6.07) is 24.7. The van der Waals surface area contributed by atoms with E-state index < -0.39 is 5.41 Å². The maximum absolute atomic E-state index is 14.3. The minimum absolute atomic E-state index is 0.00955. The smallest absolute Gasteiger partial charge is 0.233 e. The summed E-state index contributed by atoms with van der Waals surface area (Å²) in [6.45, 7) is 9.77. The molecule has 4 nitrogen and oxygen atoms in total. The van der Waals surface area contributed by atoms with Crippen LogP contribution >= 0.6 is 11.3 Å². The van der Waals surface area contributed by atoms with Crippen LogP contribution in [0.1, 0.15) is 47.4 Å². The Morgan fingerprint density at radius 1 is 1.00 bits per heavy atom. The van der Waals surface area contributed by atoms with Crippen LogP contribution in [0.4, 0.5) is 15.2 Å².